The summed E-state index contributed by atoms with van der Waals surface area (Å²) in [6.07, 6.45) is 8.48. The third-order valence-electron chi connectivity index (χ3n) is 8.56. The number of ether oxygens (including phenoxy) is 4. The molecule has 4 rings (SSSR count). The van der Waals surface area contributed by atoms with E-state index in [1.54, 1.807) is 7.11 Å². The first-order chi connectivity index (χ1) is 19.5. The maximum absolute atomic E-state index is 13.6. The van der Waals surface area contributed by atoms with Crippen molar-refractivity contribution >= 4 is 11.9 Å². The quantitative estimate of drug-likeness (QED) is 0.309. The minimum atomic E-state index is -0.850. The molecule has 0 aliphatic carbocycles. The Morgan fingerprint density at radius 2 is 1.98 bits per heavy atom. The summed E-state index contributed by atoms with van der Waals surface area (Å²) in [5, 5.41) is 10.5. The number of unbranched alkanes of at least 4 members (excludes halogenated alkanes) is 2. The number of aliphatic carboxylic acids is 1. The van der Waals surface area contributed by atoms with E-state index in [-0.39, 0.29) is 37.3 Å². The summed E-state index contributed by atoms with van der Waals surface area (Å²) >= 11 is 0. The second-order valence-corrected chi connectivity index (χ2v) is 11.2. The van der Waals surface area contributed by atoms with Gasteiger partial charge in [0.25, 0.3) is 0 Å². The maximum Gasteiger partial charge on any atom is 0.308 e. The van der Waals surface area contributed by atoms with Crippen molar-refractivity contribution in [3.63, 3.8) is 0 Å². The number of carbonyl (C=O) groups excluding carboxylic acids is 1. The molecule has 0 aromatic heterocycles. The highest BCUT2D eigenvalue weighted by Gasteiger charge is 2.47. The Hall–Kier alpha value is -2.56. The number of likely N-dealkylation sites (tertiary alicyclic amines) is 1. The van der Waals surface area contributed by atoms with Crippen LogP contribution in [0.1, 0.15) is 76.2 Å². The number of hydrogen-bond acceptors (Lipinski definition) is 8. The Labute approximate surface area is 238 Å². The molecule has 1 aromatic carbocycles. The van der Waals surface area contributed by atoms with Crippen molar-refractivity contribution < 1.29 is 33.6 Å². The molecule has 10 heteroatoms. The van der Waals surface area contributed by atoms with Gasteiger partial charge in [0.05, 0.1) is 25.7 Å². The number of carboxylic acids is 1. The van der Waals surface area contributed by atoms with Crippen molar-refractivity contribution in [2.24, 2.45) is 11.7 Å². The van der Waals surface area contributed by atoms with Crippen molar-refractivity contribution in [3.05, 3.63) is 17.7 Å². The van der Waals surface area contributed by atoms with E-state index in [0.29, 0.717) is 49.8 Å². The van der Waals surface area contributed by atoms with Crippen LogP contribution < -0.4 is 19.9 Å². The van der Waals surface area contributed by atoms with Crippen molar-refractivity contribution in [2.45, 2.75) is 82.8 Å². The van der Waals surface area contributed by atoms with Crippen molar-refractivity contribution in [2.75, 3.05) is 53.2 Å². The Balaban J connectivity index is 1.59. The first-order valence-electron chi connectivity index (χ1n) is 15.0. The summed E-state index contributed by atoms with van der Waals surface area (Å²) in [5.74, 6) is -0.171. The molecule has 224 valence electrons. The van der Waals surface area contributed by atoms with Gasteiger partial charge in [0, 0.05) is 38.2 Å². The number of rotatable bonds is 15. The number of benzene rings is 1. The monoisotopic (exact) mass is 561 g/mol. The zero-order valence-corrected chi connectivity index (χ0v) is 24.1. The van der Waals surface area contributed by atoms with Crippen LogP contribution in [0.25, 0.3) is 0 Å². The van der Waals surface area contributed by atoms with Gasteiger partial charge in [0.1, 0.15) is 0 Å². The highest BCUT2D eigenvalue weighted by molar-refractivity contribution is 5.79. The first kappa shape index (κ1) is 30.4. The lowest BCUT2D eigenvalue weighted by Crippen LogP contribution is -2.45. The number of carboxylic acid groups (broad SMARTS) is 1. The smallest absolute Gasteiger partial charge is 0.308 e. The number of nitrogens with zero attached hydrogens (tertiary/aromatic N) is 2. The predicted molar refractivity (Wildman–Crippen MR) is 151 cm³/mol. The van der Waals surface area contributed by atoms with Gasteiger partial charge in [-0.3, -0.25) is 14.5 Å². The van der Waals surface area contributed by atoms with Crippen LogP contribution in [0.2, 0.25) is 0 Å². The van der Waals surface area contributed by atoms with Crippen LogP contribution in [-0.2, 0) is 14.3 Å². The van der Waals surface area contributed by atoms with Gasteiger partial charge in [-0.25, -0.2) is 0 Å². The van der Waals surface area contributed by atoms with Crippen molar-refractivity contribution in [3.8, 4) is 17.2 Å². The van der Waals surface area contributed by atoms with Gasteiger partial charge in [-0.15, -0.1) is 0 Å². The number of nitrogens with two attached hydrogens (primary N) is 1. The Kier molecular flexibility index (Phi) is 11.3. The van der Waals surface area contributed by atoms with Gasteiger partial charge in [-0.2, -0.15) is 0 Å². The van der Waals surface area contributed by atoms with Crippen LogP contribution in [0.3, 0.4) is 0 Å². The molecular formula is C30H47N3O7. The fraction of sp³-hybridized carbons (Fsp3) is 0.733. The minimum Gasteiger partial charge on any atom is -0.493 e. The number of amides is 1. The number of methoxy groups -OCH3 is 1. The summed E-state index contributed by atoms with van der Waals surface area (Å²) in [5.41, 5.74) is 6.53. The minimum absolute atomic E-state index is 0.0532. The van der Waals surface area contributed by atoms with Gasteiger partial charge < -0.3 is 34.7 Å². The van der Waals surface area contributed by atoms with Crippen LogP contribution in [0.15, 0.2) is 12.1 Å². The fourth-order valence-electron chi connectivity index (χ4n) is 6.38. The Morgan fingerprint density at radius 3 is 2.67 bits per heavy atom. The van der Waals surface area contributed by atoms with Gasteiger partial charge in [-0.05, 0) is 75.6 Å². The molecule has 40 heavy (non-hydrogen) atoms. The van der Waals surface area contributed by atoms with Gasteiger partial charge in [-0.1, -0.05) is 13.3 Å². The van der Waals surface area contributed by atoms with E-state index < -0.39 is 11.9 Å². The summed E-state index contributed by atoms with van der Waals surface area (Å²) in [7, 11) is 1.57. The lowest BCUT2D eigenvalue weighted by molar-refractivity contribution is -0.144. The molecule has 3 heterocycles. The lowest BCUT2D eigenvalue weighted by Gasteiger charge is -2.31. The van der Waals surface area contributed by atoms with E-state index >= 15 is 0 Å². The molecule has 10 nitrogen and oxygen atoms in total. The topological polar surface area (TPSA) is 124 Å². The van der Waals surface area contributed by atoms with Crippen LogP contribution in [0, 0.1) is 5.92 Å². The number of hydrogen-bond donors (Lipinski definition) is 2. The molecule has 4 atom stereocenters. The molecule has 3 aliphatic rings. The lowest BCUT2D eigenvalue weighted by atomic mass is 9.83. The third-order valence-corrected chi connectivity index (χ3v) is 8.56. The Morgan fingerprint density at radius 1 is 1.15 bits per heavy atom. The first-order valence-corrected chi connectivity index (χ1v) is 15.0. The maximum atomic E-state index is 13.6. The van der Waals surface area contributed by atoms with Crippen molar-refractivity contribution in [1.82, 2.24) is 9.80 Å². The molecule has 0 spiro atoms. The second-order valence-electron chi connectivity index (χ2n) is 11.2. The molecule has 3 N–H and O–H groups in total. The van der Waals surface area contributed by atoms with E-state index in [1.807, 2.05) is 17.0 Å². The molecule has 1 unspecified atom stereocenters. The van der Waals surface area contributed by atoms with Crippen LogP contribution in [0.4, 0.5) is 0 Å². The fourth-order valence-corrected chi connectivity index (χ4v) is 6.38. The van der Waals surface area contributed by atoms with Crippen LogP contribution in [-0.4, -0.2) is 92.2 Å². The van der Waals surface area contributed by atoms with Crippen molar-refractivity contribution in [1.29, 1.82) is 0 Å². The SMILES string of the molecule is CCCCN(CCCCN)C(=O)CN1C[C@H](c2cc(OC)c3c(c2)OCO3)[C@@H](C(=O)O)[C@@H]1CCC1CCCCO1. The zero-order valence-electron chi connectivity index (χ0n) is 24.1. The average Bonchev–Trinajstić information content (AvgIpc) is 3.58. The predicted octanol–water partition coefficient (Wildman–Crippen LogP) is 3.61. The second kappa shape index (κ2) is 14.9. The normalized spacial score (nSPS) is 24.3. The van der Waals surface area contributed by atoms with E-state index in [9.17, 15) is 14.7 Å². The molecule has 0 radical (unpaired) electrons. The summed E-state index contributed by atoms with van der Waals surface area (Å²) in [6.45, 7) is 5.63. The summed E-state index contributed by atoms with van der Waals surface area (Å²) in [6, 6.07) is 3.45. The molecule has 1 aromatic rings. The molecule has 3 aliphatic heterocycles. The third kappa shape index (κ3) is 7.39. The van der Waals surface area contributed by atoms with E-state index in [0.717, 1.165) is 63.5 Å². The van der Waals surface area contributed by atoms with E-state index in [4.69, 9.17) is 24.7 Å². The molecular weight excluding hydrogens is 514 g/mol. The van der Waals surface area contributed by atoms with E-state index in [1.165, 1.54) is 0 Å². The number of carbonyl (C=O) groups is 2. The standard InChI is InChI=1S/C30H47N3O7/c1-3-4-13-32(14-7-6-12-31)27(34)19-33-18-23(21-16-25(37-2)29-26(17-21)39-20-40-29)28(30(35)36)24(33)11-10-22-9-5-8-15-38-22/h16-17,22-24,28H,3-15,18-20,31H2,1-2H3,(H,35,36)/t22?,23-,24+,28-/m1/s1. The summed E-state index contributed by atoms with van der Waals surface area (Å²) in [4.78, 5) is 30.6. The van der Waals surface area contributed by atoms with Gasteiger partial charge in [0.15, 0.2) is 11.5 Å². The highest BCUT2D eigenvalue weighted by Crippen LogP contribution is 2.47. The summed E-state index contributed by atoms with van der Waals surface area (Å²) < 4.78 is 22.8. The van der Waals surface area contributed by atoms with Gasteiger partial charge in [0.2, 0.25) is 18.4 Å². The van der Waals surface area contributed by atoms with Crippen LogP contribution in [0.5, 0.6) is 17.2 Å². The average molecular weight is 562 g/mol. The highest BCUT2D eigenvalue weighted by atomic mass is 16.7. The molecule has 2 saturated heterocycles. The van der Waals surface area contributed by atoms with Crippen LogP contribution >= 0.6 is 0 Å². The number of fused-ring (bicyclic) bond motifs is 1. The zero-order chi connectivity index (χ0) is 28.5. The molecule has 2 fully saturated rings. The van der Waals surface area contributed by atoms with E-state index in [2.05, 4.69) is 11.8 Å². The Bertz CT molecular complexity index is 984. The largest absolute Gasteiger partial charge is 0.493 e. The molecule has 0 bridgehead atoms. The molecule has 0 saturated carbocycles. The molecule has 1 amide bonds. The van der Waals surface area contributed by atoms with Gasteiger partial charge >= 0.3 is 5.97 Å².